The Bertz CT molecular complexity index is 1050. The zero-order chi connectivity index (χ0) is 17.0. The molecule has 0 fully saturated rings. The third-order valence-corrected chi connectivity index (χ3v) is 3.77. The van der Waals surface area contributed by atoms with E-state index < -0.39 is 34.6 Å². The molecule has 1 aromatic heterocycles. The minimum absolute atomic E-state index is 0.0210. The second kappa shape index (κ2) is 4.69. The van der Waals surface area contributed by atoms with Crippen LogP contribution >= 0.6 is 0 Å². The van der Waals surface area contributed by atoms with Crippen molar-refractivity contribution in [3.05, 3.63) is 58.9 Å². The van der Waals surface area contributed by atoms with Crippen molar-refractivity contribution >= 4 is 28.5 Å². The summed E-state index contributed by atoms with van der Waals surface area (Å²) in [6.45, 7) is 0. The van der Waals surface area contributed by atoms with Crippen LogP contribution in [0.15, 0.2) is 57.7 Å². The van der Waals surface area contributed by atoms with E-state index in [1.165, 1.54) is 36.4 Å². The van der Waals surface area contributed by atoms with Gasteiger partial charge in [0.2, 0.25) is 5.78 Å². The Morgan fingerprint density at radius 1 is 1.12 bits per heavy atom. The second-order valence-electron chi connectivity index (χ2n) is 5.16. The van der Waals surface area contributed by atoms with E-state index in [1.54, 1.807) is 0 Å². The first-order chi connectivity index (χ1) is 11.5. The molecule has 1 aliphatic carbocycles. The molecule has 2 heterocycles. The number of allylic oxidation sites excluding steroid dienone is 4. The van der Waals surface area contributed by atoms with Crippen molar-refractivity contribution in [1.29, 1.82) is 0 Å². The van der Waals surface area contributed by atoms with Gasteiger partial charge in [0.05, 0.1) is 11.0 Å². The summed E-state index contributed by atoms with van der Waals surface area (Å²) in [6.07, 6.45) is 3.98. The Morgan fingerprint density at radius 2 is 1.92 bits per heavy atom. The van der Waals surface area contributed by atoms with Crippen LogP contribution in [0.2, 0.25) is 0 Å². The fourth-order valence-electron chi connectivity index (χ4n) is 2.76. The van der Waals surface area contributed by atoms with Crippen molar-refractivity contribution in [1.82, 2.24) is 0 Å². The van der Waals surface area contributed by atoms with Crippen molar-refractivity contribution in [3.8, 4) is 11.7 Å². The fourth-order valence-corrected chi connectivity index (χ4v) is 2.76. The number of benzene rings is 1. The minimum atomic E-state index is -0.998. The second-order valence-corrected chi connectivity index (χ2v) is 5.16. The molecule has 0 unspecified atom stereocenters. The Hall–Kier alpha value is -3.61. The monoisotopic (exact) mass is 324 g/mol. The number of ketones is 2. The molecule has 7 nitrogen and oxygen atoms in total. The number of Topliss-reactive ketones (excluding diaryl/α,β-unsaturated/α-hetero) is 1. The molecule has 2 aliphatic rings. The molecule has 24 heavy (non-hydrogen) atoms. The number of fused-ring (bicyclic) bond motifs is 2. The molecule has 1 aromatic carbocycles. The molecule has 0 saturated carbocycles. The number of furan rings is 1. The van der Waals surface area contributed by atoms with Gasteiger partial charge in [0.1, 0.15) is 28.2 Å². The zero-order valence-electron chi connectivity index (χ0n) is 11.9. The molecular weight excluding hydrogens is 316 g/mol. The maximum Gasteiger partial charge on any atom is 0.348 e. The molecule has 2 aromatic rings. The van der Waals surface area contributed by atoms with Crippen molar-refractivity contribution in [3.63, 3.8) is 0 Å². The summed E-state index contributed by atoms with van der Waals surface area (Å²) < 4.78 is 9.98. The average molecular weight is 324 g/mol. The van der Waals surface area contributed by atoms with Gasteiger partial charge < -0.3 is 19.4 Å². The molecule has 2 N–H and O–H groups in total. The number of rotatable bonds is 2. The van der Waals surface area contributed by atoms with Crippen molar-refractivity contribution in [2.45, 2.75) is 0 Å². The summed E-state index contributed by atoms with van der Waals surface area (Å²) in [6, 6.07) is 4.21. The van der Waals surface area contributed by atoms with Gasteiger partial charge in [-0.1, -0.05) is 12.1 Å². The number of phenolic OH excluding ortho intramolecular Hbond substituents is 1. The van der Waals surface area contributed by atoms with Crippen LogP contribution in [-0.4, -0.2) is 27.7 Å². The van der Waals surface area contributed by atoms with Gasteiger partial charge in [0, 0.05) is 0 Å². The molecule has 7 heteroatoms. The smallest absolute Gasteiger partial charge is 0.348 e. The highest BCUT2D eigenvalue weighted by molar-refractivity contribution is 6.34. The summed E-state index contributed by atoms with van der Waals surface area (Å²) in [5.74, 6) is -3.59. The lowest BCUT2D eigenvalue weighted by Crippen LogP contribution is -2.13. The van der Waals surface area contributed by atoms with Gasteiger partial charge in [-0.3, -0.25) is 9.59 Å². The topological polar surface area (TPSA) is 114 Å². The Morgan fingerprint density at radius 3 is 2.71 bits per heavy atom. The minimum Gasteiger partial charge on any atom is -0.507 e. The van der Waals surface area contributed by atoms with E-state index in [0.29, 0.717) is 0 Å². The summed E-state index contributed by atoms with van der Waals surface area (Å²) in [7, 11) is 0. The van der Waals surface area contributed by atoms with Crippen molar-refractivity contribution < 1.29 is 33.8 Å². The van der Waals surface area contributed by atoms with Gasteiger partial charge in [-0.2, -0.15) is 0 Å². The molecule has 0 saturated heterocycles. The first-order valence-electron chi connectivity index (χ1n) is 6.86. The van der Waals surface area contributed by atoms with Crippen LogP contribution in [0.1, 0.15) is 10.4 Å². The number of hydrogen-bond acceptors (Lipinski definition) is 7. The van der Waals surface area contributed by atoms with E-state index in [-0.39, 0.29) is 28.1 Å². The summed E-state index contributed by atoms with van der Waals surface area (Å²) in [4.78, 5) is 36.9. The van der Waals surface area contributed by atoms with Crippen LogP contribution in [0.25, 0.3) is 11.0 Å². The fraction of sp³-hybridized carbons (Fsp3) is 0. The lowest BCUT2D eigenvalue weighted by molar-refractivity contribution is -0.132. The number of phenols is 1. The predicted octanol–water partition coefficient (Wildman–Crippen LogP) is 1.90. The lowest BCUT2D eigenvalue weighted by atomic mass is 9.94. The van der Waals surface area contributed by atoms with Crippen LogP contribution in [0, 0.1) is 0 Å². The Balaban J connectivity index is 1.98. The standard InChI is InChI=1S/C17H8O7/c18-7-3-1-5-9-11(7)13(16(21)23-9)15(20)14-12-8(19)4-2-6-10(12)24-17(14)22/h1-6,18,21H. The van der Waals surface area contributed by atoms with Gasteiger partial charge in [-0.15, -0.1) is 0 Å². The SMILES string of the molecule is O=C1C=CC=C2OC(=O)C(C(=O)c3c(O)oc4cccc(O)c34)=C12. The average Bonchev–Trinajstić information content (AvgIpc) is 3.04. The van der Waals surface area contributed by atoms with E-state index >= 15 is 0 Å². The highest BCUT2D eigenvalue weighted by Crippen LogP contribution is 2.40. The van der Waals surface area contributed by atoms with Gasteiger partial charge in [-0.05, 0) is 24.3 Å². The van der Waals surface area contributed by atoms with Gasteiger partial charge >= 0.3 is 5.97 Å². The highest BCUT2D eigenvalue weighted by atomic mass is 16.5. The van der Waals surface area contributed by atoms with Crippen LogP contribution in [0.4, 0.5) is 0 Å². The zero-order valence-corrected chi connectivity index (χ0v) is 11.9. The number of carbonyl (C=O) groups is 3. The highest BCUT2D eigenvalue weighted by Gasteiger charge is 2.41. The Labute approximate surface area is 133 Å². The van der Waals surface area contributed by atoms with E-state index in [0.717, 1.165) is 0 Å². The molecule has 0 bridgehead atoms. The van der Waals surface area contributed by atoms with E-state index in [4.69, 9.17) is 9.15 Å². The number of aromatic hydroxyl groups is 2. The van der Waals surface area contributed by atoms with Crippen LogP contribution < -0.4 is 0 Å². The molecule has 4 rings (SSSR count). The molecule has 1 aliphatic heterocycles. The third-order valence-electron chi connectivity index (χ3n) is 3.77. The quantitative estimate of drug-likeness (QED) is 0.492. The number of hydrogen-bond donors (Lipinski definition) is 2. The van der Waals surface area contributed by atoms with Crippen LogP contribution in [0.5, 0.6) is 11.7 Å². The molecule has 118 valence electrons. The summed E-state index contributed by atoms with van der Waals surface area (Å²) in [5.41, 5.74) is -1.00. The van der Waals surface area contributed by atoms with Crippen LogP contribution in [0.3, 0.4) is 0 Å². The maximum absolute atomic E-state index is 12.8. The van der Waals surface area contributed by atoms with Gasteiger partial charge in [0.25, 0.3) is 5.95 Å². The molecule has 0 amide bonds. The largest absolute Gasteiger partial charge is 0.507 e. The summed E-state index contributed by atoms with van der Waals surface area (Å²) in [5, 5.41) is 19.9. The molecule has 0 radical (unpaired) electrons. The van der Waals surface area contributed by atoms with Gasteiger partial charge in [-0.25, -0.2) is 4.79 Å². The van der Waals surface area contributed by atoms with Crippen molar-refractivity contribution in [2.24, 2.45) is 0 Å². The maximum atomic E-state index is 12.8. The summed E-state index contributed by atoms with van der Waals surface area (Å²) >= 11 is 0. The Kier molecular flexibility index (Phi) is 2.74. The number of ether oxygens (including phenoxy) is 1. The molecular formula is C17H8O7. The number of esters is 1. The van der Waals surface area contributed by atoms with E-state index in [1.807, 2.05) is 0 Å². The third kappa shape index (κ3) is 1.75. The van der Waals surface area contributed by atoms with E-state index in [9.17, 15) is 24.6 Å². The lowest BCUT2D eigenvalue weighted by Gasteiger charge is -2.03. The molecule has 0 atom stereocenters. The number of carbonyl (C=O) groups excluding carboxylic acids is 3. The predicted molar refractivity (Wildman–Crippen MR) is 79.2 cm³/mol. The normalized spacial score (nSPS) is 16.4. The molecule has 0 spiro atoms. The van der Waals surface area contributed by atoms with Crippen LogP contribution in [-0.2, 0) is 14.3 Å². The van der Waals surface area contributed by atoms with E-state index in [2.05, 4.69) is 0 Å². The van der Waals surface area contributed by atoms with Gasteiger partial charge in [0.15, 0.2) is 5.78 Å². The first-order valence-corrected chi connectivity index (χ1v) is 6.86. The van der Waals surface area contributed by atoms with Crippen molar-refractivity contribution in [2.75, 3.05) is 0 Å². The first kappa shape index (κ1) is 14.0.